The van der Waals surface area contributed by atoms with Gasteiger partial charge in [0, 0.05) is 31.1 Å². The molecule has 0 bridgehead atoms. The first-order valence-corrected chi connectivity index (χ1v) is 13.6. The average Bonchev–Trinajstić information content (AvgIpc) is 3.22. The molecule has 0 N–H and O–H groups in total. The molecule has 1 aliphatic carbocycles. The van der Waals surface area contributed by atoms with Gasteiger partial charge in [-0.1, -0.05) is 12.1 Å². The van der Waals surface area contributed by atoms with Gasteiger partial charge in [-0.05, 0) is 61.4 Å². The normalized spacial score (nSPS) is 18.5. The minimum absolute atomic E-state index is 0.141. The quantitative estimate of drug-likeness (QED) is 0.445. The van der Waals surface area contributed by atoms with Crippen molar-refractivity contribution in [1.82, 2.24) is 4.31 Å². The molecule has 186 valence electrons. The number of piperidine rings is 1. The Balaban J connectivity index is 1.15. The lowest BCUT2D eigenvalue weighted by atomic mass is 9.98. The fraction of sp³-hybridized carbons (Fsp3) is 0.462. The molecule has 3 aliphatic rings. The van der Waals surface area contributed by atoms with E-state index in [-0.39, 0.29) is 30.4 Å². The van der Waals surface area contributed by atoms with E-state index in [0.717, 1.165) is 25.7 Å². The number of benzene rings is 2. The van der Waals surface area contributed by atoms with Gasteiger partial charge < -0.3 is 14.2 Å². The van der Waals surface area contributed by atoms with Crippen LogP contribution in [0.3, 0.4) is 0 Å². The predicted molar refractivity (Wildman–Crippen MR) is 127 cm³/mol. The van der Waals surface area contributed by atoms with Gasteiger partial charge in [0.25, 0.3) is 0 Å². The maximum Gasteiger partial charge on any atom is 0.309 e. The fourth-order valence-corrected chi connectivity index (χ4v) is 6.35. The molecule has 0 saturated carbocycles. The van der Waals surface area contributed by atoms with E-state index in [9.17, 15) is 18.0 Å². The van der Waals surface area contributed by atoms with Crippen LogP contribution >= 0.6 is 0 Å². The Morgan fingerprint density at radius 2 is 1.66 bits per heavy atom. The average molecular weight is 500 g/mol. The summed E-state index contributed by atoms with van der Waals surface area (Å²) in [6, 6.07) is 10.3. The van der Waals surface area contributed by atoms with Gasteiger partial charge in [-0.15, -0.1) is 0 Å². The predicted octanol–water partition coefficient (Wildman–Crippen LogP) is 3.16. The van der Waals surface area contributed by atoms with Crippen LogP contribution in [0.25, 0.3) is 0 Å². The largest absolute Gasteiger partial charge is 0.490 e. The number of aryl methyl sites for hydroxylation is 2. The van der Waals surface area contributed by atoms with Crippen molar-refractivity contribution in [3.63, 3.8) is 0 Å². The van der Waals surface area contributed by atoms with E-state index >= 15 is 0 Å². The maximum atomic E-state index is 13.2. The van der Waals surface area contributed by atoms with Gasteiger partial charge in [-0.3, -0.25) is 9.59 Å². The first-order chi connectivity index (χ1) is 16.9. The Hall–Kier alpha value is -2.91. The number of hydrogen-bond donors (Lipinski definition) is 0. The smallest absolute Gasteiger partial charge is 0.309 e. The summed E-state index contributed by atoms with van der Waals surface area (Å²) in [7, 11) is -3.73. The summed E-state index contributed by atoms with van der Waals surface area (Å²) in [5.41, 5.74) is 3.05. The van der Waals surface area contributed by atoms with Gasteiger partial charge in [0.05, 0.1) is 24.0 Å². The lowest BCUT2D eigenvalue weighted by Crippen LogP contribution is -2.40. The second kappa shape index (κ2) is 9.99. The number of rotatable bonds is 6. The molecule has 0 radical (unpaired) electrons. The van der Waals surface area contributed by atoms with E-state index in [1.807, 2.05) is 12.1 Å². The van der Waals surface area contributed by atoms with E-state index in [0.29, 0.717) is 43.1 Å². The lowest BCUT2D eigenvalue weighted by Gasteiger charge is -2.30. The molecular weight excluding hydrogens is 470 g/mol. The number of nitrogens with zero attached hydrogens (tertiary/aromatic N) is 1. The zero-order chi connectivity index (χ0) is 24.4. The molecule has 2 aromatic carbocycles. The zero-order valence-electron chi connectivity index (χ0n) is 19.5. The van der Waals surface area contributed by atoms with Crippen LogP contribution in [0.5, 0.6) is 11.5 Å². The van der Waals surface area contributed by atoms with Crippen LogP contribution in [0, 0.1) is 5.92 Å². The molecule has 2 aliphatic heterocycles. The number of carbonyl (C=O) groups excluding carboxylic acids is 2. The van der Waals surface area contributed by atoms with Gasteiger partial charge in [0.2, 0.25) is 10.0 Å². The number of ether oxygens (including phenoxy) is 3. The Bertz CT molecular complexity index is 1230. The number of fused-ring (bicyclic) bond motifs is 2. The monoisotopic (exact) mass is 499 g/mol. The third-order valence-electron chi connectivity index (χ3n) is 6.91. The minimum Gasteiger partial charge on any atom is -0.490 e. The van der Waals surface area contributed by atoms with Gasteiger partial charge in [-0.25, -0.2) is 8.42 Å². The van der Waals surface area contributed by atoms with E-state index in [1.54, 1.807) is 12.1 Å². The minimum atomic E-state index is -3.73. The van der Waals surface area contributed by atoms with Crippen molar-refractivity contribution < 1.29 is 32.2 Å². The van der Waals surface area contributed by atoms with Gasteiger partial charge >= 0.3 is 5.97 Å². The Morgan fingerprint density at radius 3 is 2.46 bits per heavy atom. The van der Waals surface area contributed by atoms with Crippen molar-refractivity contribution in [3.05, 3.63) is 53.1 Å². The van der Waals surface area contributed by atoms with Crippen molar-refractivity contribution >= 4 is 21.8 Å². The molecule has 9 heteroatoms. The topological polar surface area (TPSA) is 99.2 Å². The molecular formula is C26H29NO7S. The molecule has 1 saturated heterocycles. The second-order valence-electron chi connectivity index (χ2n) is 9.21. The summed E-state index contributed by atoms with van der Waals surface area (Å²) in [4.78, 5) is 25.2. The van der Waals surface area contributed by atoms with Crippen LogP contribution in [0.1, 0.15) is 47.2 Å². The SMILES string of the molecule is O=C(COC(=O)C1CCN(S(=O)(=O)c2ccc3c(c2)OCCCO3)CC1)c1ccc2c(c1)CCC2. The van der Waals surface area contributed by atoms with Gasteiger partial charge in [0.15, 0.2) is 23.9 Å². The molecule has 1 fully saturated rings. The van der Waals surface area contributed by atoms with Gasteiger partial charge in [-0.2, -0.15) is 4.31 Å². The fourth-order valence-electron chi connectivity index (χ4n) is 4.87. The number of ketones is 1. The van der Waals surface area contributed by atoms with Crippen LogP contribution < -0.4 is 9.47 Å². The van der Waals surface area contributed by atoms with Gasteiger partial charge in [0.1, 0.15) is 0 Å². The molecule has 0 aromatic heterocycles. The Kier molecular flexibility index (Phi) is 6.80. The van der Waals surface area contributed by atoms with Crippen LogP contribution in [-0.2, 0) is 32.4 Å². The van der Waals surface area contributed by atoms with Crippen LogP contribution in [-0.4, -0.2) is 57.4 Å². The Morgan fingerprint density at radius 1 is 0.914 bits per heavy atom. The van der Waals surface area contributed by atoms with E-state index in [1.165, 1.54) is 27.6 Å². The highest BCUT2D eigenvalue weighted by atomic mass is 32.2. The molecule has 0 atom stereocenters. The summed E-state index contributed by atoms with van der Waals surface area (Å²) in [5, 5.41) is 0. The molecule has 0 amide bonds. The molecule has 0 unspecified atom stereocenters. The maximum absolute atomic E-state index is 13.2. The summed E-state index contributed by atoms with van der Waals surface area (Å²) in [6.45, 7) is 1.11. The molecule has 5 rings (SSSR count). The van der Waals surface area contributed by atoms with E-state index < -0.39 is 21.9 Å². The number of Topliss-reactive ketones (excluding diaryl/α,β-unsaturated/α-hetero) is 1. The standard InChI is InChI=1S/C26H29NO7S/c28-23(21-6-5-18-3-1-4-20(18)15-21)17-34-26(29)19-9-11-27(12-10-19)35(30,31)22-7-8-24-25(16-22)33-14-2-13-32-24/h5-8,15-16,19H,1-4,9-14,17H2. The number of sulfonamides is 1. The number of carbonyl (C=O) groups is 2. The lowest BCUT2D eigenvalue weighted by molar-refractivity contribution is -0.148. The zero-order valence-corrected chi connectivity index (χ0v) is 20.3. The third-order valence-corrected chi connectivity index (χ3v) is 8.80. The van der Waals surface area contributed by atoms with Crippen molar-refractivity contribution in [2.45, 2.75) is 43.4 Å². The molecule has 8 nitrogen and oxygen atoms in total. The summed E-state index contributed by atoms with van der Waals surface area (Å²) in [5.74, 6) is -0.139. The van der Waals surface area contributed by atoms with Crippen molar-refractivity contribution in [1.29, 1.82) is 0 Å². The highest BCUT2D eigenvalue weighted by Crippen LogP contribution is 2.34. The highest BCUT2D eigenvalue weighted by molar-refractivity contribution is 7.89. The highest BCUT2D eigenvalue weighted by Gasteiger charge is 2.33. The number of esters is 1. The van der Waals surface area contributed by atoms with Crippen molar-refractivity contribution in [2.24, 2.45) is 5.92 Å². The first kappa shape index (κ1) is 23.8. The molecule has 0 spiro atoms. The Labute approximate surface area is 205 Å². The van der Waals surface area contributed by atoms with Crippen molar-refractivity contribution in [3.8, 4) is 11.5 Å². The van der Waals surface area contributed by atoms with Crippen LogP contribution in [0.15, 0.2) is 41.3 Å². The van der Waals surface area contributed by atoms with E-state index in [4.69, 9.17) is 14.2 Å². The van der Waals surface area contributed by atoms with Crippen molar-refractivity contribution in [2.75, 3.05) is 32.9 Å². The summed E-state index contributed by atoms with van der Waals surface area (Å²) < 4.78 is 44.2. The third kappa shape index (κ3) is 5.06. The molecule has 35 heavy (non-hydrogen) atoms. The van der Waals surface area contributed by atoms with Crippen LogP contribution in [0.4, 0.5) is 0 Å². The molecule has 2 aromatic rings. The summed E-state index contributed by atoms with van der Waals surface area (Å²) in [6.07, 6.45) is 4.54. The van der Waals surface area contributed by atoms with Crippen LogP contribution in [0.2, 0.25) is 0 Å². The second-order valence-corrected chi connectivity index (χ2v) is 11.1. The molecule has 2 heterocycles. The number of hydrogen-bond acceptors (Lipinski definition) is 7. The first-order valence-electron chi connectivity index (χ1n) is 12.1. The van der Waals surface area contributed by atoms with E-state index in [2.05, 4.69) is 0 Å². The summed E-state index contributed by atoms with van der Waals surface area (Å²) >= 11 is 0.